The molecule has 3 heterocycles. The molecular weight excluding hydrogens is 412 g/mol. The third-order valence-electron chi connectivity index (χ3n) is 4.58. The van der Waals surface area contributed by atoms with Crippen LogP contribution in [0.1, 0.15) is 6.42 Å². The Balaban J connectivity index is 1.59. The summed E-state index contributed by atoms with van der Waals surface area (Å²) in [5.74, 6) is -2.29. The van der Waals surface area contributed by atoms with Crippen LogP contribution in [0.3, 0.4) is 0 Å². The lowest BCUT2D eigenvalue weighted by Gasteiger charge is -2.18. The zero-order chi connectivity index (χ0) is 20.8. The SMILES string of the molecule is O=C(Nc1c(-c2ccc(F)cc2)nc2sccn12)[C@@H]1CC(=O)N(CC(F)(F)F)C1. The minimum Gasteiger partial charge on any atom is -0.333 e. The number of fused-ring (bicyclic) bond motifs is 1. The van der Waals surface area contributed by atoms with E-state index in [0.29, 0.717) is 26.9 Å². The van der Waals surface area contributed by atoms with E-state index in [0.717, 1.165) is 0 Å². The number of rotatable bonds is 4. The summed E-state index contributed by atoms with van der Waals surface area (Å²) in [4.78, 5) is 30.2. The van der Waals surface area contributed by atoms with E-state index >= 15 is 0 Å². The second-order valence-electron chi connectivity index (χ2n) is 6.65. The van der Waals surface area contributed by atoms with Crippen LogP contribution in [0.25, 0.3) is 16.2 Å². The number of anilines is 1. The number of hydrogen-bond donors (Lipinski definition) is 1. The Kier molecular flexibility index (Phi) is 4.77. The fraction of sp³-hybridized carbons (Fsp3) is 0.278. The Bertz CT molecular complexity index is 1070. The van der Waals surface area contributed by atoms with Crippen molar-refractivity contribution in [2.45, 2.75) is 12.6 Å². The molecule has 3 aromatic rings. The van der Waals surface area contributed by atoms with Crippen molar-refractivity contribution in [2.75, 3.05) is 18.4 Å². The number of carbonyl (C=O) groups excluding carboxylic acids is 2. The smallest absolute Gasteiger partial charge is 0.333 e. The number of amides is 2. The average molecular weight is 426 g/mol. The molecule has 0 radical (unpaired) electrons. The third-order valence-corrected chi connectivity index (χ3v) is 5.33. The van der Waals surface area contributed by atoms with Gasteiger partial charge in [0.15, 0.2) is 4.96 Å². The summed E-state index contributed by atoms with van der Waals surface area (Å²) in [6.45, 7) is -1.68. The first-order valence-electron chi connectivity index (χ1n) is 8.58. The first-order chi connectivity index (χ1) is 13.7. The molecule has 4 rings (SSSR count). The van der Waals surface area contributed by atoms with Gasteiger partial charge in [-0.15, -0.1) is 11.3 Å². The number of carbonyl (C=O) groups is 2. The summed E-state index contributed by atoms with van der Waals surface area (Å²) < 4.78 is 52.6. The molecule has 2 amide bonds. The predicted octanol–water partition coefficient (Wildman–Crippen LogP) is 3.55. The summed E-state index contributed by atoms with van der Waals surface area (Å²) in [6, 6.07) is 5.56. The molecule has 1 fully saturated rings. The molecule has 2 aromatic heterocycles. The number of nitrogens with one attached hydrogen (secondary N) is 1. The van der Waals surface area contributed by atoms with Crippen LogP contribution in [0.4, 0.5) is 23.4 Å². The van der Waals surface area contributed by atoms with Gasteiger partial charge in [-0.1, -0.05) is 0 Å². The lowest BCUT2D eigenvalue weighted by Crippen LogP contribution is -2.36. The number of nitrogens with zero attached hydrogens (tertiary/aromatic N) is 3. The van der Waals surface area contributed by atoms with Crippen LogP contribution < -0.4 is 5.32 Å². The number of imidazole rings is 1. The van der Waals surface area contributed by atoms with Crippen molar-refractivity contribution in [2.24, 2.45) is 5.92 Å². The maximum absolute atomic E-state index is 13.2. The zero-order valence-corrected chi connectivity index (χ0v) is 15.6. The van der Waals surface area contributed by atoms with Gasteiger partial charge in [0.2, 0.25) is 11.8 Å². The molecule has 29 heavy (non-hydrogen) atoms. The van der Waals surface area contributed by atoms with Crippen molar-refractivity contribution in [1.82, 2.24) is 14.3 Å². The number of benzene rings is 1. The van der Waals surface area contributed by atoms with Gasteiger partial charge in [-0.3, -0.25) is 14.0 Å². The second-order valence-corrected chi connectivity index (χ2v) is 7.52. The molecule has 0 saturated carbocycles. The van der Waals surface area contributed by atoms with E-state index in [2.05, 4.69) is 10.3 Å². The molecule has 0 aliphatic carbocycles. The van der Waals surface area contributed by atoms with E-state index in [-0.39, 0.29) is 13.0 Å². The predicted molar refractivity (Wildman–Crippen MR) is 97.8 cm³/mol. The average Bonchev–Trinajstić information content (AvgIpc) is 3.31. The molecule has 11 heteroatoms. The number of hydrogen-bond acceptors (Lipinski definition) is 4. The van der Waals surface area contributed by atoms with Crippen LogP contribution in [0.2, 0.25) is 0 Å². The molecule has 1 atom stereocenters. The van der Waals surface area contributed by atoms with E-state index in [1.807, 2.05) is 0 Å². The van der Waals surface area contributed by atoms with Crippen molar-refractivity contribution in [3.63, 3.8) is 0 Å². The highest BCUT2D eigenvalue weighted by molar-refractivity contribution is 7.15. The minimum atomic E-state index is -4.52. The molecular formula is C18H14F4N4O2S. The van der Waals surface area contributed by atoms with Gasteiger partial charge in [-0.2, -0.15) is 13.2 Å². The van der Waals surface area contributed by atoms with Crippen molar-refractivity contribution >= 4 is 33.9 Å². The summed E-state index contributed by atoms with van der Waals surface area (Å²) in [5, 5.41) is 4.45. The Morgan fingerprint density at radius 3 is 2.69 bits per heavy atom. The molecule has 0 spiro atoms. The monoisotopic (exact) mass is 426 g/mol. The van der Waals surface area contributed by atoms with E-state index in [9.17, 15) is 27.2 Å². The summed E-state index contributed by atoms with van der Waals surface area (Å²) in [5.41, 5.74) is 0.973. The highest BCUT2D eigenvalue weighted by Gasteiger charge is 2.40. The maximum Gasteiger partial charge on any atom is 0.406 e. The van der Waals surface area contributed by atoms with E-state index in [4.69, 9.17) is 0 Å². The number of alkyl halides is 3. The maximum atomic E-state index is 13.2. The van der Waals surface area contributed by atoms with E-state index < -0.39 is 36.3 Å². The van der Waals surface area contributed by atoms with Crippen LogP contribution in [-0.4, -0.2) is 45.4 Å². The highest BCUT2D eigenvalue weighted by atomic mass is 32.1. The van der Waals surface area contributed by atoms with Crippen molar-refractivity contribution in [3.8, 4) is 11.3 Å². The third kappa shape index (κ3) is 3.95. The topological polar surface area (TPSA) is 66.7 Å². The van der Waals surface area contributed by atoms with Crippen molar-refractivity contribution in [1.29, 1.82) is 0 Å². The van der Waals surface area contributed by atoms with E-state index in [1.165, 1.54) is 35.6 Å². The Hall–Kier alpha value is -2.95. The molecule has 1 aromatic carbocycles. The summed E-state index contributed by atoms with van der Waals surface area (Å²) >= 11 is 1.33. The van der Waals surface area contributed by atoms with Crippen LogP contribution >= 0.6 is 11.3 Å². The molecule has 1 aliphatic rings. The molecule has 152 valence electrons. The van der Waals surface area contributed by atoms with Crippen molar-refractivity contribution < 1.29 is 27.2 Å². The standard InChI is InChI=1S/C18H14F4N4O2S/c19-12-3-1-10(2-4-12)14-15(26-5-6-29-17(26)23-14)24-16(28)11-7-13(27)25(8-11)9-18(20,21)22/h1-6,11H,7-9H2,(H,24,28)/t11-/m1/s1. The van der Waals surface area contributed by atoms with Gasteiger partial charge < -0.3 is 10.2 Å². The number of aromatic nitrogens is 2. The van der Waals surface area contributed by atoms with Crippen LogP contribution in [0.5, 0.6) is 0 Å². The van der Waals surface area contributed by atoms with Crippen LogP contribution in [0, 0.1) is 11.7 Å². The lowest BCUT2D eigenvalue weighted by atomic mass is 10.1. The van der Waals surface area contributed by atoms with Crippen molar-refractivity contribution in [3.05, 3.63) is 41.7 Å². The van der Waals surface area contributed by atoms with Gasteiger partial charge in [0, 0.05) is 30.1 Å². The molecule has 6 nitrogen and oxygen atoms in total. The Morgan fingerprint density at radius 2 is 2.00 bits per heavy atom. The van der Waals surface area contributed by atoms with Gasteiger partial charge >= 0.3 is 6.18 Å². The molecule has 1 saturated heterocycles. The van der Waals surface area contributed by atoms with Gasteiger partial charge in [0.25, 0.3) is 0 Å². The zero-order valence-electron chi connectivity index (χ0n) is 14.7. The number of halogens is 4. The molecule has 0 bridgehead atoms. The van der Waals surface area contributed by atoms with Gasteiger partial charge in [0.05, 0.1) is 5.92 Å². The minimum absolute atomic E-state index is 0.292. The fourth-order valence-corrected chi connectivity index (χ4v) is 3.96. The van der Waals surface area contributed by atoms with Gasteiger partial charge in [0.1, 0.15) is 23.9 Å². The van der Waals surface area contributed by atoms with Gasteiger partial charge in [-0.25, -0.2) is 9.37 Å². The van der Waals surface area contributed by atoms with Crippen LogP contribution in [0.15, 0.2) is 35.8 Å². The van der Waals surface area contributed by atoms with Gasteiger partial charge in [-0.05, 0) is 24.3 Å². The highest BCUT2D eigenvalue weighted by Crippen LogP contribution is 2.32. The fourth-order valence-electron chi connectivity index (χ4n) is 3.25. The largest absolute Gasteiger partial charge is 0.406 e. The number of thiazole rings is 1. The lowest BCUT2D eigenvalue weighted by molar-refractivity contribution is -0.157. The quantitative estimate of drug-likeness (QED) is 0.649. The Morgan fingerprint density at radius 1 is 1.28 bits per heavy atom. The molecule has 0 unspecified atom stereocenters. The first kappa shape index (κ1) is 19.4. The number of likely N-dealkylation sites (tertiary alicyclic amines) is 1. The first-order valence-corrected chi connectivity index (χ1v) is 9.46. The summed E-state index contributed by atoms with van der Waals surface area (Å²) in [7, 11) is 0. The summed E-state index contributed by atoms with van der Waals surface area (Å²) in [6.07, 6.45) is -3.13. The molecule has 1 N–H and O–H groups in total. The Labute approximate surface area is 165 Å². The molecule has 1 aliphatic heterocycles. The normalized spacial score (nSPS) is 17.3. The van der Waals surface area contributed by atoms with Crippen LogP contribution in [-0.2, 0) is 9.59 Å². The van der Waals surface area contributed by atoms with E-state index in [1.54, 1.807) is 16.0 Å². The second kappa shape index (κ2) is 7.14.